The summed E-state index contributed by atoms with van der Waals surface area (Å²) in [6.07, 6.45) is -8.77. The second kappa shape index (κ2) is 12.3. The van der Waals surface area contributed by atoms with Crippen LogP contribution in [-0.4, -0.2) is 44.2 Å². The summed E-state index contributed by atoms with van der Waals surface area (Å²) in [6, 6.07) is 18.5. The first kappa shape index (κ1) is 29.5. The van der Waals surface area contributed by atoms with Crippen LogP contribution in [-0.2, 0) is 17.1 Å². The zero-order valence-electron chi connectivity index (χ0n) is 21.9. The molecule has 1 aliphatic rings. The Kier molecular flexibility index (Phi) is 9.08. The number of nitrogens with one attached hydrogen (secondary N) is 1. The number of likely N-dealkylation sites (tertiary alicyclic amines) is 1. The van der Waals surface area contributed by atoms with E-state index in [1.54, 1.807) is 7.11 Å². The Bertz CT molecular complexity index is 1260. The van der Waals surface area contributed by atoms with Gasteiger partial charge in [0.2, 0.25) is 0 Å². The van der Waals surface area contributed by atoms with E-state index in [2.05, 4.69) is 5.32 Å². The van der Waals surface area contributed by atoms with Gasteiger partial charge in [-0.1, -0.05) is 42.5 Å². The number of halogens is 6. The van der Waals surface area contributed by atoms with Gasteiger partial charge in [0.05, 0.1) is 11.1 Å². The number of piperidine rings is 1. The van der Waals surface area contributed by atoms with Crippen molar-refractivity contribution < 1.29 is 35.9 Å². The molecule has 1 amide bonds. The van der Waals surface area contributed by atoms with Crippen LogP contribution < -0.4 is 5.32 Å². The molecule has 4 rings (SSSR count). The number of anilines is 1. The molecule has 1 fully saturated rings. The average molecular weight is 565 g/mol. The Hall–Kier alpha value is -3.53. The van der Waals surface area contributed by atoms with Crippen LogP contribution in [0, 0.1) is 0 Å². The second-order valence-electron chi connectivity index (χ2n) is 9.86. The van der Waals surface area contributed by atoms with E-state index in [1.165, 1.54) is 4.90 Å². The summed E-state index contributed by atoms with van der Waals surface area (Å²) in [7, 11) is 1.63. The van der Waals surface area contributed by atoms with Gasteiger partial charge >= 0.3 is 12.4 Å². The minimum Gasteiger partial charge on any atom is -0.385 e. The van der Waals surface area contributed by atoms with Gasteiger partial charge in [-0.2, -0.15) is 26.3 Å². The molecule has 0 radical (unpaired) electrons. The lowest BCUT2D eigenvalue weighted by atomic mass is 9.76. The molecule has 2 atom stereocenters. The van der Waals surface area contributed by atoms with Gasteiger partial charge in [0.1, 0.15) is 0 Å². The standard InChI is InChI=1S/C30H30F6N2O2/c1-40-14-6-12-37-25-10-5-9-21(17-25)27-19-38(13-11-26(27)20-7-3-2-4-8-20)28(39)22-15-23(29(31,32)33)18-24(16-22)30(34,35)36/h2-5,7-10,15-18,26-27,37H,6,11-14,19H2,1H3/t26-,27+/m0/s1. The summed E-state index contributed by atoms with van der Waals surface area (Å²) in [5.74, 6) is -1.09. The van der Waals surface area contributed by atoms with E-state index in [0.717, 1.165) is 23.2 Å². The van der Waals surface area contributed by atoms with Crippen LogP contribution in [0.3, 0.4) is 0 Å². The molecule has 214 valence electrons. The third-order valence-corrected chi connectivity index (χ3v) is 7.13. The molecule has 3 aromatic rings. The van der Waals surface area contributed by atoms with E-state index < -0.39 is 35.0 Å². The van der Waals surface area contributed by atoms with Gasteiger partial charge in [-0.25, -0.2) is 0 Å². The molecule has 0 saturated carbocycles. The fourth-order valence-electron chi connectivity index (χ4n) is 5.16. The number of nitrogens with zero attached hydrogens (tertiary/aromatic N) is 1. The van der Waals surface area contributed by atoms with Crippen molar-refractivity contribution in [2.24, 2.45) is 0 Å². The van der Waals surface area contributed by atoms with Crippen molar-refractivity contribution >= 4 is 11.6 Å². The SMILES string of the molecule is COCCCNc1cccc([C@H]2CN(C(=O)c3cc(C(F)(F)F)cc(C(F)(F)F)c3)CC[C@H]2c2ccccc2)c1. The fourth-order valence-corrected chi connectivity index (χ4v) is 5.16. The molecular weight excluding hydrogens is 534 g/mol. The number of ether oxygens (including phenoxy) is 1. The number of hydrogen-bond acceptors (Lipinski definition) is 3. The highest BCUT2D eigenvalue weighted by Crippen LogP contribution is 2.41. The number of benzene rings is 3. The normalized spacial score (nSPS) is 18.0. The Morgan fingerprint density at radius 2 is 1.52 bits per heavy atom. The number of carbonyl (C=O) groups excluding carboxylic acids is 1. The maximum atomic E-state index is 13.4. The van der Waals surface area contributed by atoms with Gasteiger partial charge in [-0.05, 0) is 60.2 Å². The summed E-state index contributed by atoms with van der Waals surface area (Å²) in [5, 5.41) is 3.34. The Balaban J connectivity index is 1.65. The number of methoxy groups -OCH3 is 1. The molecule has 3 aromatic carbocycles. The quantitative estimate of drug-likeness (QED) is 0.227. The summed E-state index contributed by atoms with van der Waals surface area (Å²) < 4.78 is 85.7. The van der Waals surface area contributed by atoms with E-state index in [9.17, 15) is 31.1 Å². The maximum Gasteiger partial charge on any atom is 0.416 e. The monoisotopic (exact) mass is 564 g/mol. The van der Waals surface area contributed by atoms with Crippen LogP contribution in [0.1, 0.15) is 57.3 Å². The largest absolute Gasteiger partial charge is 0.416 e. The molecule has 0 spiro atoms. The van der Waals surface area contributed by atoms with Crippen molar-refractivity contribution in [3.05, 3.63) is 101 Å². The molecule has 0 aliphatic carbocycles. The van der Waals surface area contributed by atoms with Crippen LogP contribution in [0.15, 0.2) is 72.8 Å². The molecule has 4 nitrogen and oxygen atoms in total. The minimum atomic E-state index is -5.03. The summed E-state index contributed by atoms with van der Waals surface area (Å²) in [4.78, 5) is 14.8. The van der Waals surface area contributed by atoms with Crippen molar-refractivity contribution in [2.45, 2.75) is 37.0 Å². The Labute approximate surface area is 228 Å². The molecule has 40 heavy (non-hydrogen) atoms. The summed E-state index contributed by atoms with van der Waals surface area (Å²) in [5.41, 5.74) is -0.800. The van der Waals surface area contributed by atoms with Crippen molar-refractivity contribution in [3.63, 3.8) is 0 Å². The predicted molar refractivity (Wildman–Crippen MR) is 140 cm³/mol. The lowest BCUT2D eigenvalue weighted by Crippen LogP contribution is -2.42. The van der Waals surface area contributed by atoms with Crippen molar-refractivity contribution in [2.75, 3.05) is 38.7 Å². The molecule has 0 unspecified atom stereocenters. The molecule has 10 heteroatoms. The van der Waals surface area contributed by atoms with E-state index >= 15 is 0 Å². The maximum absolute atomic E-state index is 13.4. The summed E-state index contributed by atoms with van der Waals surface area (Å²) in [6.45, 7) is 1.63. The first-order valence-electron chi connectivity index (χ1n) is 12.9. The van der Waals surface area contributed by atoms with Crippen molar-refractivity contribution in [1.29, 1.82) is 0 Å². The highest BCUT2D eigenvalue weighted by Gasteiger charge is 2.39. The number of alkyl halides is 6. The van der Waals surface area contributed by atoms with Gasteiger partial charge in [0.25, 0.3) is 5.91 Å². The second-order valence-corrected chi connectivity index (χ2v) is 9.86. The topological polar surface area (TPSA) is 41.6 Å². The first-order valence-corrected chi connectivity index (χ1v) is 12.9. The zero-order valence-corrected chi connectivity index (χ0v) is 21.9. The van der Waals surface area contributed by atoms with E-state index in [1.807, 2.05) is 54.6 Å². The lowest BCUT2D eigenvalue weighted by Gasteiger charge is -2.39. The average Bonchev–Trinajstić information content (AvgIpc) is 2.94. The van der Waals surface area contributed by atoms with Gasteiger partial charge in [-0.15, -0.1) is 0 Å². The predicted octanol–water partition coefficient (Wildman–Crippen LogP) is 7.59. The van der Waals surface area contributed by atoms with Gasteiger partial charge in [0, 0.05) is 50.5 Å². The number of carbonyl (C=O) groups is 1. The fraction of sp³-hybridized carbons (Fsp3) is 0.367. The Morgan fingerprint density at radius 3 is 2.15 bits per heavy atom. The van der Waals surface area contributed by atoms with Crippen LogP contribution in [0.2, 0.25) is 0 Å². The number of amides is 1. The van der Waals surface area contributed by atoms with Crippen molar-refractivity contribution in [3.8, 4) is 0 Å². The van der Waals surface area contributed by atoms with Gasteiger partial charge in [-0.3, -0.25) is 4.79 Å². The highest BCUT2D eigenvalue weighted by molar-refractivity contribution is 5.95. The van der Waals surface area contributed by atoms with E-state index in [0.29, 0.717) is 31.7 Å². The molecule has 1 N–H and O–H groups in total. The highest BCUT2D eigenvalue weighted by atomic mass is 19.4. The summed E-state index contributed by atoms with van der Waals surface area (Å²) >= 11 is 0. The first-order chi connectivity index (χ1) is 19.0. The van der Waals surface area contributed by atoms with Crippen molar-refractivity contribution in [1.82, 2.24) is 4.90 Å². The van der Waals surface area contributed by atoms with Gasteiger partial charge < -0.3 is 15.0 Å². The van der Waals surface area contributed by atoms with Crippen LogP contribution in [0.5, 0.6) is 0 Å². The molecule has 0 bridgehead atoms. The molecule has 0 aromatic heterocycles. The van der Waals surface area contributed by atoms with Crippen LogP contribution in [0.25, 0.3) is 0 Å². The lowest BCUT2D eigenvalue weighted by molar-refractivity contribution is -0.143. The zero-order chi connectivity index (χ0) is 28.9. The van der Waals surface area contributed by atoms with E-state index in [-0.39, 0.29) is 31.0 Å². The molecule has 1 saturated heterocycles. The third kappa shape index (κ3) is 7.15. The number of rotatable bonds is 8. The molecule has 1 heterocycles. The minimum absolute atomic E-state index is 0.00115. The molecular formula is C30H30F6N2O2. The van der Waals surface area contributed by atoms with E-state index in [4.69, 9.17) is 4.74 Å². The number of hydrogen-bond donors (Lipinski definition) is 1. The Morgan fingerprint density at radius 1 is 0.875 bits per heavy atom. The third-order valence-electron chi connectivity index (χ3n) is 7.13. The van der Waals surface area contributed by atoms with Gasteiger partial charge in [0.15, 0.2) is 0 Å². The smallest absolute Gasteiger partial charge is 0.385 e. The van der Waals surface area contributed by atoms with Crippen LogP contribution >= 0.6 is 0 Å². The van der Waals surface area contributed by atoms with Crippen LogP contribution in [0.4, 0.5) is 32.0 Å². The molecule has 1 aliphatic heterocycles.